The fourth-order valence-electron chi connectivity index (χ4n) is 0. The lowest BCUT2D eigenvalue weighted by Gasteiger charge is -1.77. The average Bonchev–Trinajstić information content (AvgIpc) is 0.811. The third-order valence-corrected chi connectivity index (χ3v) is 0. The van der Waals surface area contributed by atoms with Crippen molar-refractivity contribution in [2.75, 3.05) is 0 Å². The van der Waals surface area contributed by atoms with Crippen molar-refractivity contribution in [2.45, 2.75) is 12.1 Å². The molecule has 0 aliphatic carbocycles. The summed E-state index contributed by atoms with van der Waals surface area (Å²) in [6, 6.07) is 0. The van der Waals surface area contributed by atoms with Gasteiger partial charge < -0.3 is 0 Å². The normalized spacial score (nSPS) is 15.5. The van der Waals surface area contributed by atoms with E-state index in [-0.39, 0.29) is 0 Å². The van der Waals surface area contributed by atoms with Crippen molar-refractivity contribution in [3.8, 4) is 0 Å². The fraction of sp³-hybridized carbons (Fsp3) is 1.00. The minimum Gasteiger partial charge on any atom is -0.185 e. The van der Waals surface area contributed by atoms with Crippen LogP contribution in [0.1, 0.15) is 6.92 Å². The molecule has 0 aliphatic heterocycles. The summed E-state index contributed by atoms with van der Waals surface area (Å²) in [5.74, 6) is 0. The minimum absolute atomic E-state index is 0.528. The van der Waals surface area contributed by atoms with Gasteiger partial charge in [0.05, 0.1) is 0 Å². The molecule has 0 aromatic carbocycles. The predicted molar refractivity (Wildman–Crippen MR) is 27.0 cm³/mol. The Hall–Kier alpha value is 0.415. The van der Waals surface area contributed by atoms with Gasteiger partial charge >= 0.3 is 0 Å². The quantitative estimate of drug-likeness (QED) is 0.301. The van der Waals surface area contributed by atoms with Crippen molar-refractivity contribution < 1.29 is 0 Å². The van der Waals surface area contributed by atoms with Crippen LogP contribution in [0, 0.1) is 0 Å². The number of hydrogen-bond donors (Lipinski definition) is 1. The highest BCUT2D eigenvalue weighted by molar-refractivity contribution is 7.82. The zero-order valence-corrected chi connectivity index (χ0v) is 3.92. The van der Waals surface area contributed by atoms with Crippen LogP contribution >= 0.6 is 12.6 Å². The summed E-state index contributed by atoms with van der Waals surface area (Å²) in [6.07, 6.45) is 0. The van der Waals surface area contributed by atoms with E-state index in [0.29, 0.717) is 5.15 Å². The molecule has 0 spiro atoms. The van der Waals surface area contributed by atoms with Crippen LogP contribution in [0.15, 0.2) is 0 Å². The first-order valence-electron chi connectivity index (χ1n) is 1.41. The largest absolute Gasteiger partial charge is 0.185 e. The molecule has 4 heavy (non-hydrogen) atoms. The second kappa shape index (κ2) is 1.71. The summed E-state index contributed by atoms with van der Waals surface area (Å²) in [5, 5.41) is 0.528. The van der Waals surface area contributed by atoms with Crippen LogP contribution in [0.2, 0.25) is 0 Å². The first-order valence-corrected chi connectivity index (χ1v) is 1.93. The van der Waals surface area contributed by atoms with Gasteiger partial charge in [-0.2, -0.15) is 12.6 Å². The zero-order chi connectivity index (χ0) is 3.58. The molecular weight excluding hydrogens is 66.9 g/mol. The van der Waals surface area contributed by atoms with Crippen molar-refractivity contribution in [3.63, 3.8) is 0 Å². The van der Waals surface area contributed by atoms with Gasteiger partial charge in [0, 0.05) is 0 Å². The Bertz CT molecular complexity index is 10.8. The van der Waals surface area contributed by atoms with Crippen molar-refractivity contribution in [3.05, 3.63) is 0 Å². The lowest BCUT2D eigenvalue weighted by molar-refractivity contribution is 1.42. The van der Waals surface area contributed by atoms with Gasteiger partial charge in [0.1, 0.15) is 7.85 Å². The smallest absolute Gasteiger partial charge is 0.117 e. The maximum Gasteiger partial charge on any atom is 0.117 e. The van der Waals surface area contributed by atoms with Gasteiger partial charge in [-0.05, 0) is 5.15 Å². The summed E-state index contributed by atoms with van der Waals surface area (Å²) >= 11 is 3.97. The second-order valence-corrected chi connectivity index (χ2v) is 2.13. The van der Waals surface area contributed by atoms with Gasteiger partial charge in [0.2, 0.25) is 0 Å². The van der Waals surface area contributed by atoms with Crippen molar-refractivity contribution >= 4 is 20.5 Å². The SMILES string of the molecule is BC(C)S. The van der Waals surface area contributed by atoms with Crippen molar-refractivity contribution in [2.24, 2.45) is 0 Å². The first kappa shape index (κ1) is 4.41. The summed E-state index contributed by atoms with van der Waals surface area (Å²) in [6.45, 7) is 2.03. The summed E-state index contributed by atoms with van der Waals surface area (Å²) in [4.78, 5) is 0. The van der Waals surface area contributed by atoms with Crippen LogP contribution in [-0.4, -0.2) is 13.0 Å². The molecule has 0 heterocycles. The molecule has 2 heteroatoms. The number of rotatable bonds is 0. The molecule has 0 radical (unpaired) electrons. The summed E-state index contributed by atoms with van der Waals surface area (Å²) in [5.41, 5.74) is 0. The monoisotopic (exact) mass is 74.0 g/mol. The molecule has 0 nitrogen and oxygen atoms in total. The van der Waals surface area contributed by atoms with Crippen molar-refractivity contribution in [1.29, 1.82) is 0 Å². The van der Waals surface area contributed by atoms with Crippen LogP contribution in [0.3, 0.4) is 0 Å². The molecule has 1 atom stereocenters. The van der Waals surface area contributed by atoms with E-state index in [2.05, 4.69) is 12.6 Å². The Balaban J connectivity index is 2.32. The van der Waals surface area contributed by atoms with E-state index >= 15 is 0 Å². The molecule has 0 aromatic rings. The van der Waals surface area contributed by atoms with E-state index < -0.39 is 0 Å². The van der Waals surface area contributed by atoms with E-state index in [4.69, 9.17) is 0 Å². The molecule has 0 fully saturated rings. The predicted octanol–water partition coefficient (Wildman–Crippen LogP) is -0.105. The Labute approximate surface area is 33.4 Å². The second-order valence-electron chi connectivity index (χ2n) is 1.09. The summed E-state index contributed by atoms with van der Waals surface area (Å²) < 4.78 is 0. The van der Waals surface area contributed by atoms with E-state index in [9.17, 15) is 0 Å². The standard InChI is InChI=1S/C2H7BS/c1-2(3)4/h2,4H,3H2,1H3. The zero-order valence-electron chi connectivity index (χ0n) is 3.02. The highest BCUT2D eigenvalue weighted by Gasteiger charge is 1.70. The third kappa shape index (κ3) is 28.1. The van der Waals surface area contributed by atoms with Crippen LogP contribution in [0.5, 0.6) is 0 Å². The van der Waals surface area contributed by atoms with E-state index in [1.54, 1.807) is 0 Å². The van der Waals surface area contributed by atoms with E-state index in [1.807, 2.05) is 14.8 Å². The van der Waals surface area contributed by atoms with Gasteiger partial charge in [0.15, 0.2) is 0 Å². The van der Waals surface area contributed by atoms with Gasteiger partial charge in [-0.15, -0.1) is 0 Å². The van der Waals surface area contributed by atoms with Crippen LogP contribution in [0.25, 0.3) is 0 Å². The molecule has 0 rings (SSSR count). The highest BCUT2D eigenvalue weighted by atomic mass is 32.1. The molecule has 0 saturated heterocycles. The lowest BCUT2D eigenvalue weighted by atomic mass is 10.1. The van der Waals surface area contributed by atoms with Crippen LogP contribution < -0.4 is 0 Å². The molecular formula is C2H7BS. The molecule has 1 unspecified atom stereocenters. The minimum atomic E-state index is 0.528. The lowest BCUT2D eigenvalue weighted by Crippen LogP contribution is -1.82. The molecule has 0 saturated carbocycles. The third-order valence-electron chi connectivity index (χ3n) is 0. The van der Waals surface area contributed by atoms with Crippen LogP contribution in [0.4, 0.5) is 0 Å². The molecule has 0 aromatic heterocycles. The van der Waals surface area contributed by atoms with Gasteiger partial charge in [-0.3, -0.25) is 0 Å². The maximum absolute atomic E-state index is 3.97. The molecule has 0 amide bonds. The Kier molecular flexibility index (Phi) is 1.88. The van der Waals surface area contributed by atoms with Gasteiger partial charge in [-0.1, -0.05) is 6.92 Å². The average molecular weight is 74.0 g/mol. The maximum atomic E-state index is 3.97. The van der Waals surface area contributed by atoms with Crippen molar-refractivity contribution in [1.82, 2.24) is 0 Å². The first-order chi connectivity index (χ1) is 1.73. The number of hydrogen-bond acceptors (Lipinski definition) is 1. The van der Waals surface area contributed by atoms with Gasteiger partial charge in [-0.25, -0.2) is 0 Å². The molecule has 0 aliphatic rings. The Morgan fingerprint density at radius 2 is 2.00 bits per heavy atom. The highest BCUT2D eigenvalue weighted by Crippen LogP contribution is 1.77. The number of thiol groups is 1. The van der Waals surface area contributed by atoms with Crippen LogP contribution in [-0.2, 0) is 0 Å². The van der Waals surface area contributed by atoms with Gasteiger partial charge in [0.25, 0.3) is 0 Å². The Morgan fingerprint density at radius 1 is 2.00 bits per heavy atom. The molecule has 24 valence electrons. The topological polar surface area (TPSA) is 0 Å². The molecule has 0 bridgehead atoms. The van der Waals surface area contributed by atoms with E-state index in [0.717, 1.165) is 0 Å². The molecule has 0 N–H and O–H groups in total. The fourth-order valence-corrected chi connectivity index (χ4v) is 0. The Morgan fingerprint density at radius 3 is 2.00 bits per heavy atom. The summed E-state index contributed by atoms with van der Waals surface area (Å²) in [7, 11) is 2.03. The van der Waals surface area contributed by atoms with E-state index in [1.165, 1.54) is 0 Å².